The van der Waals surface area contributed by atoms with Crippen LogP contribution in [0, 0.1) is 0 Å². The maximum atomic E-state index is 13.8. The van der Waals surface area contributed by atoms with Crippen LogP contribution in [-0.4, -0.2) is 29.7 Å². The van der Waals surface area contributed by atoms with Gasteiger partial charge in [0.1, 0.15) is 0 Å². The minimum atomic E-state index is -5.29. The van der Waals surface area contributed by atoms with Crippen LogP contribution in [0.25, 0.3) is 0 Å². The molecule has 1 fully saturated rings. The van der Waals surface area contributed by atoms with Gasteiger partial charge in [-0.25, -0.2) is 9.69 Å². The highest BCUT2D eigenvalue weighted by Gasteiger charge is 2.69. The predicted octanol–water partition coefficient (Wildman–Crippen LogP) is 3.01. The van der Waals surface area contributed by atoms with E-state index < -0.39 is 36.1 Å². The van der Waals surface area contributed by atoms with Crippen molar-refractivity contribution in [3.8, 4) is 0 Å². The lowest BCUT2D eigenvalue weighted by molar-refractivity contribution is -0.201. The number of hydrogen-bond acceptors (Lipinski definition) is 3. The molecule has 3 rings (SSSR count). The summed E-state index contributed by atoms with van der Waals surface area (Å²) in [6.45, 7) is 0. The van der Waals surface area contributed by atoms with Gasteiger partial charge in [0.15, 0.2) is 0 Å². The van der Waals surface area contributed by atoms with Gasteiger partial charge in [-0.15, -0.1) is 0 Å². The van der Waals surface area contributed by atoms with Crippen molar-refractivity contribution in [3.05, 3.63) is 65.2 Å². The highest BCUT2D eigenvalue weighted by Crippen LogP contribution is 2.37. The third-order valence-electron chi connectivity index (χ3n) is 4.07. The lowest BCUT2D eigenvalue weighted by Gasteiger charge is -2.30. The third-order valence-corrected chi connectivity index (χ3v) is 4.39. The summed E-state index contributed by atoms with van der Waals surface area (Å²) in [4.78, 5) is 37.4. The number of amides is 4. The average Bonchev–Trinajstić information content (AvgIpc) is 2.87. The van der Waals surface area contributed by atoms with Crippen LogP contribution < -0.4 is 15.5 Å². The predicted molar refractivity (Wildman–Crippen MR) is 94.5 cm³/mol. The molecule has 6 nitrogen and oxygen atoms in total. The first kappa shape index (κ1) is 19.7. The Kier molecular flexibility index (Phi) is 5.03. The average molecular weight is 412 g/mol. The normalized spacial score (nSPS) is 19.5. The molecule has 1 atom stereocenters. The van der Waals surface area contributed by atoms with E-state index in [9.17, 15) is 27.6 Å². The number of halogens is 4. The molecular formula is C18H13ClF3N3O3. The number of nitrogens with zero attached hydrogens (tertiary/aromatic N) is 1. The number of rotatable bonds is 4. The monoisotopic (exact) mass is 411 g/mol. The maximum Gasteiger partial charge on any atom is 0.440 e. The fourth-order valence-corrected chi connectivity index (χ4v) is 2.98. The molecule has 1 unspecified atom stereocenters. The van der Waals surface area contributed by atoms with Crippen molar-refractivity contribution in [2.75, 3.05) is 4.90 Å². The number of carbonyl (C=O) groups is 3. The Morgan fingerprint density at radius 1 is 1.07 bits per heavy atom. The van der Waals surface area contributed by atoms with Crippen LogP contribution in [-0.2, 0) is 16.0 Å². The Morgan fingerprint density at radius 3 is 2.29 bits per heavy atom. The fraction of sp³-hybridized carbons (Fsp3) is 0.167. The van der Waals surface area contributed by atoms with Crippen molar-refractivity contribution < 1.29 is 27.6 Å². The van der Waals surface area contributed by atoms with Crippen molar-refractivity contribution in [2.45, 2.75) is 18.3 Å². The molecule has 2 N–H and O–H groups in total. The molecular weight excluding hydrogens is 399 g/mol. The maximum absolute atomic E-state index is 13.8. The van der Waals surface area contributed by atoms with Crippen molar-refractivity contribution in [2.24, 2.45) is 0 Å². The first-order chi connectivity index (χ1) is 13.2. The Hall–Kier alpha value is -3.07. The molecule has 0 aromatic heterocycles. The Bertz CT molecular complexity index is 936. The van der Waals surface area contributed by atoms with Crippen LogP contribution in [0.15, 0.2) is 54.6 Å². The molecule has 146 valence electrons. The van der Waals surface area contributed by atoms with Crippen molar-refractivity contribution in [1.82, 2.24) is 10.6 Å². The summed E-state index contributed by atoms with van der Waals surface area (Å²) in [6.07, 6.45) is -5.70. The summed E-state index contributed by atoms with van der Waals surface area (Å²) in [7, 11) is 0. The van der Waals surface area contributed by atoms with Gasteiger partial charge in [-0.1, -0.05) is 54.1 Å². The summed E-state index contributed by atoms with van der Waals surface area (Å²) in [5.41, 5.74) is -3.37. The molecule has 2 aromatic carbocycles. The molecule has 2 aromatic rings. The Morgan fingerprint density at radius 2 is 1.68 bits per heavy atom. The number of anilines is 1. The molecule has 0 aliphatic carbocycles. The van der Waals surface area contributed by atoms with Gasteiger partial charge in [0, 0.05) is 0 Å². The molecule has 1 aliphatic rings. The molecule has 1 heterocycles. The van der Waals surface area contributed by atoms with Crippen LogP contribution in [0.3, 0.4) is 0 Å². The minimum Gasteiger partial charge on any atom is -0.318 e. The third kappa shape index (κ3) is 3.40. The highest BCUT2D eigenvalue weighted by molar-refractivity contribution is 6.36. The van der Waals surface area contributed by atoms with Gasteiger partial charge < -0.3 is 5.32 Å². The molecule has 1 saturated heterocycles. The van der Waals surface area contributed by atoms with E-state index in [1.807, 2.05) is 0 Å². The summed E-state index contributed by atoms with van der Waals surface area (Å²) in [5.74, 6) is -2.78. The van der Waals surface area contributed by atoms with Crippen molar-refractivity contribution >= 4 is 35.1 Å². The van der Waals surface area contributed by atoms with Gasteiger partial charge in [-0.3, -0.25) is 14.9 Å². The molecule has 4 amide bonds. The van der Waals surface area contributed by atoms with Crippen LogP contribution in [0.5, 0.6) is 0 Å². The second-order valence-electron chi connectivity index (χ2n) is 5.98. The van der Waals surface area contributed by atoms with E-state index in [1.54, 1.807) is 41.0 Å². The highest BCUT2D eigenvalue weighted by atomic mass is 35.5. The van der Waals surface area contributed by atoms with E-state index in [0.29, 0.717) is 5.56 Å². The first-order valence-corrected chi connectivity index (χ1v) is 8.36. The number of nitrogens with one attached hydrogen (secondary N) is 2. The minimum absolute atomic E-state index is 0.0976. The summed E-state index contributed by atoms with van der Waals surface area (Å²) in [5, 5.41) is 3.12. The van der Waals surface area contributed by atoms with E-state index in [-0.39, 0.29) is 15.6 Å². The first-order valence-electron chi connectivity index (χ1n) is 7.98. The Balaban J connectivity index is 1.94. The lowest BCUT2D eigenvalue weighted by atomic mass is 10.1. The molecule has 0 bridgehead atoms. The molecule has 0 spiro atoms. The van der Waals surface area contributed by atoms with Crippen LogP contribution in [0.1, 0.15) is 5.56 Å². The number of hydrogen-bond donors (Lipinski definition) is 2. The topological polar surface area (TPSA) is 78.5 Å². The number of benzene rings is 2. The molecule has 28 heavy (non-hydrogen) atoms. The van der Waals surface area contributed by atoms with Crippen LogP contribution in [0.2, 0.25) is 5.02 Å². The number of alkyl halides is 3. The lowest BCUT2D eigenvalue weighted by Crippen LogP contribution is -2.69. The zero-order valence-electron chi connectivity index (χ0n) is 14.1. The van der Waals surface area contributed by atoms with Gasteiger partial charge in [-0.05, 0) is 17.7 Å². The van der Waals surface area contributed by atoms with Crippen molar-refractivity contribution in [1.29, 1.82) is 0 Å². The van der Waals surface area contributed by atoms with Crippen LogP contribution >= 0.6 is 11.6 Å². The van der Waals surface area contributed by atoms with Gasteiger partial charge in [0.2, 0.25) is 5.91 Å². The number of para-hydroxylation sites is 1. The number of carbonyl (C=O) groups excluding carboxylic acids is 3. The van der Waals surface area contributed by atoms with E-state index in [0.717, 1.165) is 0 Å². The quantitative estimate of drug-likeness (QED) is 0.759. The van der Waals surface area contributed by atoms with E-state index in [4.69, 9.17) is 11.6 Å². The van der Waals surface area contributed by atoms with Gasteiger partial charge in [0.05, 0.1) is 17.1 Å². The molecule has 10 heteroatoms. The van der Waals surface area contributed by atoms with Gasteiger partial charge in [0.25, 0.3) is 11.6 Å². The summed E-state index contributed by atoms with van der Waals surface area (Å²) >= 11 is 5.91. The zero-order chi connectivity index (χ0) is 20.5. The van der Waals surface area contributed by atoms with Crippen molar-refractivity contribution in [3.63, 3.8) is 0 Å². The molecule has 1 aliphatic heterocycles. The van der Waals surface area contributed by atoms with E-state index in [1.165, 1.54) is 24.3 Å². The smallest absolute Gasteiger partial charge is 0.318 e. The number of urea groups is 1. The standard InChI is InChI=1S/C18H13ClF3N3O3/c19-12-8-4-5-9-13(12)25-15(27)17(18(20,21)22,24-16(25)28)23-14(26)10-11-6-2-1-3-7-11/h1-9H,10H2,(H,23,26)(H,24,28). The van der Waals surface area contributed by atoms with E-state index >= 15 is 0 Å². The second kappa shape index (κ2) is 7.16. The fourth-order valence-electron chi connectivity index (χ4n) is 2.76. The SMILES string of the molecule is O=C(Cc1ccccc1)NC1(C(F)(F)F)NC(=O)N(c2ccccc2Cl)C1=O. The van der Waals surface area contributed by atoms with Crippen LogP contribution in [0.4, 0.5) is 23.7 Å². The second-order valence-corrected chi connectivity index (χ2v) is 6.39. The number of imide groups is 1. The zero-order valence-corrected chi connectivity index (χ0v) is 14.8. The van der Waals surface area contributed by atoms with Gasteiger partial charge >= 0.3 is 12.2 Å². The molecule has 0 radical (unpaired) electrons. The Labute approximate surface area is 162 Å². The largest absolute Gasteiger partial charge is 0.440 e. The van der Waals surface area contributed by atoms with E-state index in [2.05, 4.69) is 0 Å². The van der Waals surface area contributed by atoms with Gasteiger partial charge in [-0.2, -0.15) is 13.2 Å². The summed E-state index contributed by atoms with van der Waals surface area (Å²) < 4.78 is 41.5. The summed E-state index contributed by atoms with van der Waals surface area (Å²) in [6, 6.07) is 12.1. The molecule has 0 saturated carbocycles.